The highest BCUT2D eigenvalue weighted by molar-refractivity contribution is 6.40. The molecule has 0 saturated heterocycles. The number of Topliss-reactive ketones (excluding diaryl/α,β-unsaturated/α-hetero) is 1. The first kappa shape index (κ1) is 29.6. The van der Waals surface area contributed by atoms with Gasteiger partial charge in [-0.1, -0.05) is 55.0 Å². The zero-order valence-corrected chi connectivity index (χ0v) is 24.2. The van der Waals surface area contributed by atoms with E-state index in [1.807, 2.05) is 49.4 Å². The Morgan fingerprint density at radius 1 is 1.02 bits per heavy atom. The van der Waals surface area contributed by atoms with Crippen LogP contribution in [0.3, 0.4) is 0 Å². The third kappa shape index (κ3) is 6.06. The third-order valence-corrected chi connectivity index (χ3v) is 7.72. The van der Waals surface area contributed by atoms with Crippen LogP contribution in [-0.4, -0.2) is 46.0 Å². The Morgan fingerprint density at radius 2 is 1.73 bits per heavy atom. The summed E-state index contributed by atoms with van der Waals surface area (Å²) in [6, 6.07) is 16.0. The normalized spacial score (nSPS) is 16.5. The summed E-state index contributed by atoms with van der Waals surface area (Å²) >= 11 is 0. The van der Waals surface area contributed by atoms with Gasteiger partial charge in [-0.05, 0) is 45.6 Å². The number of carbonyl (C=O) groups excluding carboxylic acids is 4. The summed E-state index contributed by atoms with van der Waals surface area (Å²) in [7, 11) is 0. The van der Waals surface area contributed by atoms with Crippen molar-refractivity contribution in [3.8, 4) is 0 Å². The number of rotatable bonds is 11. The van der Waals surface area contributed by atoms with E-state index in [1.54, 1.807) is 6.92 Å². The number of nitrogens with zero attached hydrogens (tertiary/aromatic N) is 2. The molecule has 8 nitrogen and oxygen atoms in total. The van der Waals surface area contributed by atoms with Crippen molar-refractivity contribution in [1.82, 2.24) is 5.06 Å². The van der Waals surface area contributed by atoms with Crippen molar-refractivity contribution >= 4 is 41.0 Å². The van der Waals surface area contributed by atoms with Crippen molar-refractivity contribution in [2.24, 2.45) is 5.73 Å². The first-order chi connectivity index (χ1) is 19.6. The summed E-state index contributed by atoms with van der Waals surface area (Å²) < 4.78 is 2.24. The highest BCUT2D eigenvalue weighted by atomic mass is 16.7. The number of aryl methyl sites for hydroxylation is 1. The Morgan fingerprint density at radius 3 is 2.39 bits per heavy atom. The highest BCUT2D eigenvalue weighted by Crippen LogP contribution is 2.42. The first-order valence-electron chi connectivity index (χ1n) is 14.2. The molecule has 0 aromatic heterocycles. The van der Waals surface area contributed by atoms with Crippen LogP contribution in [0, 0.1) is 6.92 Å². The van der Waals surface area contributed by atoms with Gasteiger partial charge in [0.25, 0.3) is 12.3 Å². The molecule has 0 radical (unpaired) electrons. The number of imide groups is 1. The second kappa shape index (κ2) is 12.5. The number of para-hydroxylation sites is 1. The van der Waals surface area contributed by atoms with Gasteiger partial charge in [0.15, 0.2) is 11.5 Å². The number of hydrogen-bond donors (Lipinski definition) is 1. The molecule has 214 valence electrons. The molecule has 2 amide bonds. The minimum atomic E-state index is -0.610. The second-order valence-electron chi connectivity index (χ2n) is 11.1. The van der Waals surface area contributed by atoms with E-state index in [-0.39, 0.29) is 30.4 Å². The van der Waals surface area contributed by atoms with Crippen LogP contribution in [0.1, 0.15) is 76.0 Å². The van der Waals surface area contributed by atoms with Gasteiger partial charge in [0.1, 0.15) is 6.54 Å². The van der Waals surface area contributed by atoms with Gasteiger partial charge in [0, 0.05) is 37.0 Å². The highest BCUT2D eigenvalue weighted by Gasteiger charge is 2.46. The molecule has 0 spiro atoms. The average molecular weight is 557 g/mol. The minimum absolute atomic E-state index is 0.0501. The SMILES string of the molecule is CCCC(=O)N(C=O)OC(=O)CCCCC[N+]1=C(/C=C2\C(=O)C(c3ccc(C)cc3)=C2N)C(C)(C)c2ccccc21. The van der Waals surface area contributed by atoms with Gasteiger partial charge < -0.3 is 10.6 Å². The van der Waals surface area contributed by atoms with Crippen molar-refractivity contribution < 1.29 is 28.6 Å². The Hall–Kier alpha value is -4.33. The molecular formula is C33H38N3O5+. The Bertz CT molecular complexity index is 1460. The van der Waals surface area contributed by atoms with Crippen molar-refractivity contribution in [2.45, 2.75) is 71.6 Å². The lowest BCUT2D eigenvalue weighted by molar-refractivity contribution is -0.438. The molecule has 0 bridgehead atoms. The van der Waals surface area contributed by atoms with E-state index < -0.39 is 11.9 Å². The maximum absolute atomic E-state index is 13.2. The van der Waals surface area contributed by atoms with Crippen LogP contribution < -0.4 is 5.73 Å². The molecule has 0 fully saturated rings. The van der Waals surface area contributed by atoms with E-state index in [0.717, 1.165) is 35.4 Å². The minimum Gasteiger partial charge on any atom is -0.398 e. The largest absolute Gasteiger partial charge is 0.398 e. The quantitative estimate of drug-likeness (QED) is 0.136. The standard InChI is InChI=1S/C33H37N3O5/c1-5-11-28(38)36(21-37)41-29(39)14-7-6-10-19-35-26-13-9-8-12-25(26)33(3,4)27(35)20-24-31(34)30(32(24)40)23-17-15-22(2)16-18-23/h8-9,12-13,15-18,20-21H,5-7,10-11,14,19H2,1-4H3,(H-,34,40)/p+1/b24-20-. The Balaban J connectivity index is 1.48. The number of ketones is 1. The van der Waals surface area contributed by atoms with Crippen molar-refractivity contribution in [1.29, 1.82) is 0 Å². The lowest BCUT2D eigenvalue weighted by Crippen LogP contribution is -2.32. The van der Waals surface area contributed by atoms with Crippen LogP contribution in [0.4, 0.5) is 5.69 Å². The fourth-order valence-corrected chi connectivity index (χ4v) is 5.41. The van der Waals surface area contributed by atoms with E-state index in [2.05, 4.69) is 30.6 Å². The summed E-state index contributed by atoms with van der Waals surface area (Å²) in [5.74, 6) is -1.19. The molecule has 1 heterocycles. The summed E-state index contributed by atoms with van der Waals surface area (Å²) in [6.07, 6.45) is 5.03. The number of amides is 2. The molecular weight excluding hydrogens is 518 g/mol. The molecule has 1 aliphatic carbocycles. The first-order valence-corrected chi connectivity index (χ1v) is 14.2. The zero-order chi connectivity index (χ0) is 29.7. The van der Waals surface area contributed by atoms with E-state index in [1.165, 1.54) is 5.56 Å². The third-order valence-electron chi connectivity index (χ3n) is 7.72. The number of hydrogen-bond acceptors (Lipinski definition) is 6. The van der Waals surface area contributed by atoms with Gasteiger partial charge in [-0.15, -0.1) is 5.06 Å². The van der Waals surface area contributed by atoms with Gasteiger partial charge in [0.05, 0.1) is 22.3 Å². The maximum Gasteiger partial charge on any atom is 0.333 e. The van der Waals surface area contributed by atoms with Gasteiger partial charge in [-0.3, -0.25) is 14.4 Å². The average Bonchev–Trinajstić information content (AvgIpc) is 3.17. The lowest BCUT2D eigenvalue weighted by Gasteiger charge is -2.24. The molecule has 2 N–H and O–H groups in total. The van der Waals surface area contributed by atoms with Crippen LogP contribution in [0.5, 0.6) is 0 Å². The summed E-state index contributed by atoms with van der Waals surface area (Å²) in [5, 5.41) is 0.482. The molecule has 1 aliphatic heterocycles. The fourth-order valence-electron chi connectivity index (χ4n) is 5.41. The molecule has 2 aromatic carbocycles. The van der Waals surface area contributed by atoms with Gasteiger partial charge in [-0.25, -0.2) is 4.79 Å². The van der Waals surface area contributed by atoms with Crippen LogP contribution in [0.25, 0.3) is 5.57 Å². The van der Waals surface area contributed by atoms with Crippen molar-refractivity contribution in [2.75, 3.05) is 6.54 Å². The number of benzene rings is 2. The van der Waals surface area contributed by atoms with E-state index in [0.29, 0.717) is 41.3 Å². The smallest absolute Gasteiger partial charge is 0.333 e. The molecule has 2 aliphatic rings. The molecule has 0 saturated carbocycles. The van der Waals surface area contributed by atoms with Crippen LogP contribution >= 0.6 is 0 Å². The van der Waals surface area contributed by atoms with Crippen LogP contribution in [0.15, 0.2) is 65.9 Å². The molecule has 2 aromatic rings. The van der Waals surface area contributed by atoms with E-state index in [4.69, 9.17) is 10.6 Å². The summed E-state index contributed by atoms with van der Waals surface area (Å²) in [5.41, 5.74) is 12.9. The molecule has 0 atom stereocenters. The number of fused-ring (bicyclic) bond motifs is 1. The Labute approximate surface area is 241 Å². The molecule has 41 heavy (non-hydrogen) atoms. The number of nitrogens with two attached hydrogens (primary N) is 1. The van der Waals surface area contributed by atoms with E-state index in [9.17, 15) is 19.2 Å². The number of unbranched alkanes of at least 4 members (excludes halogenated alkanes) is 2. The summed E-state index contributed by atoms with van der Waals surface area (Å²) in [6.45, 7) is 8.80. The molecule has 4 rings (SSSR count). The molecule has 8 heteroatoms. The molecule has 0 unspecified atom stereocenters. The number of hydroxylamine groups is 2. The topological polar surface area (TPSA) is 110 Å². The lowest BCUT2D eigenvalue weighted by atomic mass is 9.77. The van der Waals surface area contributed by atoms with Crippen LogP contribution in [-0.2, 0) is 29.4 Å². The summed E-state index contributed by atoms with van der Waals surface area (Å²) in [4.78, 5) is 53.3. The Kier molecular flexibility index (Phi) is 9.01. The van der Waals surface area contributed by atoms with Crippen molar-refractivity contribution in [3.05, 3.63) is 82.6 Å². The zero-order valence-electron chi connectivity index (χ0n) is 24.2. The van der Waals surface area contributed by atoms with Gasteiger partial charge >= 0.3 is 5.97 Å². The van der Waals surface area contributed by atoms with E-state index >= 15 is 0 Å². The predicted molar refractivity (Wildman–Crippen MR) is 157 cm³/mol. The van der Waals surface area contributed by atoms with Crippen LogP contribution in [0.2, 0.25) is 0 Å². The number of carbonyl (C=O) groups is 4. The number of allylic oxidation sites excluding steroid dienone is 3. The second-order valence-corrected chi connectivity index (χ2v) is 11.1. The maximum atomic E-state index is 13.2. The fraction of sp³-hybridized carbons (Fsp3) is 0.364. The van der Waals surface area contributed by atoms with Gasteiger partial charge in [-0.2, -0.15) is 4.58 Å². The monoisotopic (exact) mass is 556 g/mol. The predicted octanol–water partition coefficient (Wildman–Crippen LogP) is 5.05. The van der Waals surface area contributed by atoms with Gasteiger partial charge in [0.2, 0.25) is 5.69 Å². The van der Waals surface area contributed by atoms with Crippen molar-refractivity contribution in [3.63, 3.8) is 0 Å².